The Morgan fingerprint density at radius 3 is 2.00 bits per heavy atom. The molecule has 0 spiro atoms. The molecule has 0 saturated carbocycles. The molecule has 0 heterocycles. The van der Waals surface area contributed by atoms with Gasteiger partial charge in [0.05, 0.1) is 0 Å². The first-order valence-electron chi connectivity index (χ1n) is 5.71. The summed E-state index contributed by atoms with van der Waals surface area (Å²) in [6.07, 6.45) is 3.75. The quantitative estimate of drug-likeness (QED) is 0.844. The SMILES string of the molecule is C[C@@](O)(/C=C/c1ccccc1)c1ccccc1. The Bertz CT molecular complexity index is 483. The molecule has 2 aromatic carbocycles. The lowest BCUT2D eigenvalue weighted by Gasteiger charge is -2.19. The van der Waals surface area contributed by atoms with Crippen LogP contribution in [0.5, 0.6) is 0 Å². The van der Waals surface area contributed by atoms with E-state index in [0.29, 0.717) is 0 Å². The van der Waals surface area contributed by atoms with Gasteiger partial charge in [-0.25, -0.2) is 0 Å². The van der Waals surface area contributed by atoms with E-state index in [0.717, 1.165) is 11.1 Å². The summed E-state index contributed by atoms with van der Waals surface area (Å²) in [7, 11) is 0. The number of benzene rings is 2. The van der Waals surface area contributed by atoms with E-state index in [-0.39, 0.29) is 0 Å². The van der Waals surface area contributed by atoms with Gasteiger partial charge in [0, 0.05) is 0 Å². The van der Waals surface area contributed by atoms with E-state index < -0.39 is 5.60 Å². The Hall–Kier alpha value is -1.86. The van der Waals surface area contributed by atoms with Crippen molar-refractivity contribution in [2.45, 2.75) is 12.5 Å². The molecule has 2 rings (SSSR count). The third-order valence-corrected chi connectivity index (χ3v) is 2.76. The van der Waals surface area contributed by atoms with Crippen molar-refractivity contribution >= 4 is 6.08 Å². The van der Waals surface area contributed by atoms with Crippen LogP contribution in [0.1, 0.15) is 18.1 Å². The highest BCUT2D eigenvalue weighted by atomic mass is 16.3. The van der Waals surface area contributed by atoms with Gasteiger partial charge in [-0.1, -0.05) is 66.7 Å². The van der Waals surface area contributed by atoms with E-state index in [9.17, 15) is 5.11 Å². The van der Waals surface area contributed by atoms with Crippen molar-refractivity contribution in [1.29, 1.82) is 0 Å². The highest BCUT2D eigenvalue weighted by Gasteiger charge is 2.18. The molecule has 0 fully saturated rings. The molecule has 1 nitrogen and oxygen atoms in total. The molecular formula is C16H16O. The van der Waals surface area contributed by atoms with E-state index in [1.807, 2.05) is 72.8 Å². The third-order valence-electron chi connectivity index (χ3n) is 2.76. The number of rotatable bonds is 3. The Morgan fingerprint density at radius 2 is 1.41 bits per heavy atom. The summed E-state index contributed by atoms with van der Waals surface area (Å²) in [5.41, 5.74) is 1.05. The van der Waals surface area contributed by atoms with Gasteiger partial charge in [0.1, 0.15) is 5.60 Å². The van der Waals surface area contributed by atoms with Crippen LogP contribution in [0, 0.1) is 0 Å². The summed E-state index contributed by atoms with van der Waals surface area (Å²) in [5.74, 6) is 0. The Labute approximate surface area is 102 Å². The van der Waals surface area contributed by atoms with Crippen LogP contribution in [0.15, 0.2) is 66.7 Å². The number of hydrogen-bond donors (Lipinski definition) is 1. The second kappa shape index (κ2) is 4.98. The van der Waals surface area contributed by atoms with Gasteiger partial charge in [-0.2, -0.15) is 0 Å². The predicted molar refractivity (Wildman–Crippen MR) is 71.5 cm³/mol. The van der Waals surface area contributed by atoms with Crippen molar-refractivity contribution in [3.8, 4) is 0 Å². The Balaban J connectivity index is 2.21. The van der Waals surface area contributed by atoms with Crippen LogP contribution in [-0.4, -0.2) is 5.11 Å². The topological polar surface area (TPSA) is 20.2 Å². The maximum Gasteiger partial charge on any atom is 0.105 e. The zero-order valence-corrected chi connectivity index (χ0v) is 9.88. The van der Waals surface area contributed by atoms with E-state index in [2.05, 4.69) is 0 Å². The fourth-order valence-corrected chi connectivity index (χ4v) is 1.69. The average Bonchev–Trinajstić information content (AvgIpc) is 2.39. The van der Waals surface area contributed by atoms with Crippen molar-refractivity contribution in [1.82, 2.24) is 0 Å². The first kappa shape index (κ1) is 11.6. The van der Waals surface area contributed by atoms with Gasteiger partial charge < -0.3 is 5.11 Å². The third kappa shape index (κ3) is 3.05. The summed E-state index contributed by atoms with van der Waals surface area (Å²) >= 11 is 0. The predicted octanol–water partition coefficient (Wildman–Crippen LogP) is 3.61. The lowest BCUT2D eigenvalue weighted by molar-refractivity contribution is 0.112. The van der Waals surface area contributed by atoms with Crippen LogP contribution < -0.4 is 0 Å². The van der Waals surface area contributed by atoms with Gasteiger partial charge in [-0.15, -0.1) is 0 Å². The first-order chi connectivity index (χ1) is 8.18. The molecule has 2 aromatic rings. The monoisotopic (exact) mass is 224 g/mol. The molecule has 86 valence electrons. The van der Waals surface area contributed by atoms with Crippen LogP contribution in [0.2, 0.25) is 0 Å². The zero-order chi connectivity index (χ0) is 12.1. The first-order valence-corrected chi connectivity index (χ1v) is 5.71. The molecule has 0 aromatic heterocycles. The van der Waals surface area contributed by atoms with E-state index in [1.54, 1.807) is 6.92 Å². The molecule has 0 aliphatic carbocycles. The second-order valence-electron chi connectivity index (χ2n) is 4.26. The summed E-state index contributed by atoms with van der Waals surface area (Å²) in [4.78, 5) is 0. The molecule has 0 unspecified atom stereocenters. The summed E-state index contributed by atoms with van der Waals surface area (Å²) < 4.78 is 0. The summed E-state index contributed by atoms with van der Waals surface area (Å²) in [6, 6.07) is 19.6. The lowest BCUT2D eigenvalue weighted by Crippen LogP contribution is -2.17. The molecule has 0 aliphatic rings. The Kier molecular flexibility index (Phi) is 3.40. The maximum atomic E-state index is 10.4. The largest absolute Gasteiger partial charge is 0.381 e. The van der Waals surface area contributed by atoms with Crippen LogP contribution >= 0.6 is 0 Å². The molecule has 0 aliphatic heterocycles. The minimum absolute atomic E-state index is 0.896. The van der Waals surface area contributed by atoms with Crippen LogP contribution in [0.4, 0.5) is 0 Å². The van der Waals surface area contributed by atoms with Gasteiger partial charge in [0.2, 0.25) is 0 Å². The highest BCUT2D eigenvalue weighted by molar-refractivity contribution is 5.51. The average molecular weight is 224 g/mol. The second-order valence-corrected chi connectivity index (χ2v) is 4.26. The molecule has 0 saturated heterocycles. The van der Waals surface area contributed by atoms with Gasteiger partial charge in [-0.3, -0.25) is 0 Å². The molecule has 1 atom stereocenters. The minimum atomic E-state index is -0.933. The fourth-order valence-electron chi connectivity index (χ4n) is 1.69. The van der Waals surface area contributed by atoms with Crippen molar-refractivity contribution in [3.63, 3.8) is 0 Å². The van der Waals surface area contributed by atoms with Gasteiger partial charge in [-0.05, 0) is 24.1 Å². The van der Waals surface area contributed by atoms with Gasteiger partial charge >= 0.3 is 0 Å². The van der Waals surface area contributed by atoms with Crippen LogP contribution in [-0.2, 0) is 5.60 Å². The maximum absolute atomic E-state index is 10.4. The molecule has 0 bridgehead atoms. The van der Waals surface area contributed by atoms with E-state index in [4.69, 9.17) is 0 Å². The molecule has 1 N–H and O–H groups in total. The molecule has 17 heavy (non-hydrogen) atoms. The lowest BCUT2D eigenvalue weighted by atomic mass is 9.95. The number of hydrogen-bond acceptors (Lipinski definition) is 1. The Morgan fingerprint density at radius 1 is 0.882 bits per heavy atom. The fraction of sp³-hybridized carbons (Fsp3) is 0.125. The number of aliphatic hydroxyl groups is 1. The molecule has 0 amide bonds. The van der Waals surface area contributed by atoms with E-state index in [1.165, 1.54) is 0 Å². The molecule has 0 radical (unpaired) electrons. The summed E-state index contributed by atoms with van der Waals surface area (Å²) in [5, 5.41) is 10.4. The smallest absolute Gasteiger partial charge is 0.105 e. The molecule has 1 heteroatoms. The van der Waals surface area contributed by atoms with Gasteiger partial charge in [0.15, 0.2) is 0 Å². The van der Waals surface area contributed by atoms with Crippen LogP contribution in [0.25, 0.3) is 6.08 Å². The van der Waals surface area contributed by atoms with Crippen molar-refractivity contribution < 1.29 is 5.11 Å². The van der Waals surface area contributed by atoms with Crippen molar-refractivity contribution in [3.05, 3.63) is 77.9 Å². The summed E-state index contributed by atoms with van der Waals surface area (Å²) in [6.45, 7) is 1.79. The van der Waals surface area contributed by atoms with Crippen LogP contribution in [0.3, 0.4) is 0 Å². The van der Waals surface area contributed by atoms with Gasteiger partial charge in [0.25, 0.3) is 0 Å². The zero-order valence-electron chi connectivity index (χ0n) is 9.88. The van der Waals surface area contributed by atoms with Crippen molar-refractivity contribution in [2.24, 2.45) is 0 Å². The highest BCUT2D eigenvalue weighted by Crippen LogP contribution is 2.22. The minimum Gasteiger partial charge on any atom is -0.381 e. The van der Waals surface area contributed by atoms with Crippen molar-refractivity contribution in [2.75, 3.05) is 0 Å². The van der Waals surface area contributed by atoms with E-state index >= 15 is 0 Å². The normalized spacial score (nSPS) is 14.7. The molecular weight excluding hydrogens is 208 g/mol. The standard InChI is InChI=1S/C16H16O/c1-16(17,15-10-6-3-7-11-15)13-12-14-8-4-2-5-9-14/h2-13,17H,1H3/b13-12+/t16-/m1/s1.